The van der Waals surface area contributed by atoms with E-state index in [2.05, 4.69) is 0 Å². The topological polar surface area (TPSA) is 72.9 Å². The van der Waals surface area contributed by atoms with Gasteiger partial charge in [-0.15, -0.1) is 0 Å². The van der Waals surface area contributed by atoms with E-state index in [1.54, 1.807) is 36.4 Å². The van der Waals surface area contributed by atoms with Crippen molar-refractivity contribution in [3.63, 3.8) is 0 Å². The monoisotopic (exact) mass is 473 g/mol. The fraction of sp³-hybridized carbons (Fsp3) is 0.148. The summed E-state index contributed by atoms with van der Waals surface area (Å²) in [6, 6.07) is 21.5. The summed E-state index contributed by atoms with van der Waals surface area (Å²) in [4.78, 5) is 39.4. The Bertz CT molecular complexity index is 1250. The minimum absolute atomic E-state index is 0.223. The zero-order chi connectivity index (χ0) is 24.1. The Kier molecular flexibility index (Phi) is 7.13. The molecule has 0 radical (unpaired) electrons. The molecule has 0 aromatic heterocycles. The molecule has 3 aromatic rings. The number of ether oxygens (including phenoxy) is 2. The summed E-state index contributed by atoms with van der Waals surface area (Å²) < 4.78 is 11.2. The van der Waals surface area contributed by atoms with E-state index in [1.165, 1.54) is 4.90 Å². The van der Waals surface area contributed by atoms with E-state index in [4.69, 9.17) is 9.47 Å². The fourth-order valence-corrected chi connectivity index (χ4v) is 4.21. The molecule has 0 saturated carbocycles. The second kappa shape index (κ2) is 10.4. The molecule has 0 atom stereocenters. The van der Waals surface area contributed by atoms with Crippen LogP contribution in [0.25, 0.3) is 6.08 Å². The average molecular weight is 474 g/mol. The number of thioether (sulfide) groups is 1. The van der Waals surface area contributed by atoms with Gasteiger partial charge in [-0.2, -0.15) is 0 Å². The predicted molar refractivity (Wildman–Crippen MR) is 132 cm³/mol. The molecule has 172 valence electrons. The molecule has 0 unspecified atom stereocenters. The van der Waals surface area contributed by atoms with Crippen molar-refractivity contribution in [3.05, 3.63) is 100.0 Å². The number of nitrogens with zero attached hydrogens (tertiary/aromatic N) is 1. The molecule has 0 spiro atoms. The molecular weight excluding hydrogens is 450 g/mol. The highest BCUT2D eigenvalue weighted by atomic mass is 32.2. The lowest BCUT2D eigenvalue weighted by Gasteiger charge is -2.12. The third-order valence-electron chi connectivity index (χ3n) is 5.11. The van der Waals surface area contributed by atoms with E-state index >= 15 is 0 Å². The predicted octanol–water partition coefficient (Wildman–Crippen LogP) is 5.85. The Balaban J connectivity index is 1.53. The zero-order valence-corrected chi connectivity index (χ0v) is 19.6. The normalized spacial score (nSPS) is 14.5. The first-order valence-corrected chi connectivity index (χ1v) is 11.6. The van der Waals surface area contributed by atoms with E-state index in [0.29, 0.717) is 28.4 Å². The third kappa shape index (κ3) is 5.38. The van der Waals surface area contributed by atoms with E-state index < -0.39 is 5.97 Å². The Morgan fingerprint density at radius 1 is 0.971 bits per heavy atom. The molecule has 34 heavy (non-hydrogen) atoms. The molecule has 7 heteroatoms. The number of carbonyl (C=O) groups is 3. The molecule has 1 heterocycles. The molecule has 0 aliphatic carbocycles. The summed E-state index contributed by atoms with van der Waals surface area (Å²) >= 11 is 0.901. The van der Waals surface area contributed by atoms with E-state index in [1.807, 2.05) is 56.3 Å². The number of esters is 1. The molecular formula is C27H23NO5S. The van der Waals surface area contributed by atoms with Crippen LogP contribution in [0, 0.1) is 6.92 Å². The Morgan fingerprint density at radius 2 is 1.71 bits per heavy atom. The van der Waals surface area contributed by atoms with Crippen molar-refractivity contribution >= 4 is 35.0 Å². The summed E-state index contributed by atoms with van der Waals surface area (Å²) in [7, 11) is 0. The molecule has 0 bridgehead atoms. The first-order chi connectivity index (χ1) is 16.4. The van der Waals surface area contributed by atoms with Gasteiger partial charge < -0.3 is 9.47 Å². The number of amides is 2. The Labute approximate surface area is 202 Å². The van der Waals surface area contributed by atoms with Crippen LogP contribution in [0.4, 0.5) is 4.79 Å². The van der Waals surface area contributed by atoms with Gasteiger partial charge >= 0.3 is 5.97 Å². The Morgan fingerprint density at radius 3 is 2.41 bits per heavy atom. The maximum absolute atomic E-state index is 12.8. The van der Waals surface area contributed by atoms with Gasteiger partial charge in [-0.1, -0.05) is 54.1 Å². The largest absolute Gasteiger partial charge is 0.490 e. The minimum atomic E-state index is -0.490. The van der Waals surface area contributed by atoms with E-state index in [-0.39, 0.29) is 23.4 Å². The number of benzene rings is 3. The van der Waals surface area contributed by atoms with Gasteiger partial charge in [-0.05, 0) is 67.1 Å². The quantitative estimate of drug-likeness (QED) is 0.244. The van der Waals surface area contributed by atoms with Crippen LogP contribution in [-0.4, -0.2) is 28.6 Å². The SMILES string of the molecule is CCOc1cc(/C=C2\SC(=O)N(Cc3ccccc3)C2=O)ccc1OC(=O)c1ccc(C)cc1. The smallest absolute Gasteiger partial charge is 0.343 e. The fourth-order valence-electron chi connectivity index (χ4n) is 3.37. The highest BCUT2D eigenvalue weighted by molar-refractivity contribution is 8.18. The van der Waals surface area contributed by atoms with Crippen molar-refractivity contribution in [1.29, 1.82) is 0 Å². The van der Waals surface area contributed by atoms with Crippen molar-refractivity contribution in [1.82, 2.24) is 4.90 Å². The van der Waals surface area contributed by atoms with Crippen LogP contribution in [0.1, 0.15) is 34.0 Å². The van der Waals surface area contributed by atoms with Gasteiger partial charge in [0.2, 0.25) is 0 Å². The maximum Gasteiger partial charge on any atom is 0.343 e. The molecule has 1 saturated heterocycles. The van der Waals surface area contributed by atoms with Crippen LogP contribution < -0.4 is 9.47 Å². The van der Waals surface area contributed by atoms with Crippen molar-refractivity contribution in [3.8, 4) is 11.5 Å². The number of aryl methyl sites for hydroxylation is 1. The van der Waals surface area contributed by atoms with Gasteiger partial charge in [0.05, 0.1) is 23.6 Å². The summed E-state index contributed by atoms with van der Waals surface area (Å²) in [6.45, 7) is 4.36. The molecule has 2 amide bonds. The van der Waals surface area contributed by atoms with Crippen LogP contribution in [0.15, 0.2) is 77.7 Å². The number of imide groups is 1. The summed E-state index contributed by atoms with van der Waals surface area (Å²) in [5.41, 5.74) is 3.02. The first kappa shape index (κ1) is 23.3. The van der Waals surface area contributed by atoms with E-state index in [9.17, 15) is 14.4 Å². The van der Waals surface area contributed by atoms with Gasteiger partial charge in [0, 0.05) is 0 Å². The van der Waals surface area contributed by atoms with Gasteiger partial charge in [0.15, 0.2) is 11.5 Å². The standard InChI is InChI=1S/C27H23NO5S/c1-3-32-23-15-20(11-14-22(23)33-26(30)21-12-9-18(2)10-13-21)16-24-25(29)28(27(31)34-24)17-19-7-5-4-6-8-19/h4-16H,3,17H2,1-2H3/b24-16-. The minimum Gasteiger partial charge on any atom is -0.490 e. The van der Waals surface area contributed by atoms with Crippen LogP contribution in [0.3, 0.4) is 0 Å². The number of hydrogen-bond acceptors (Lipinski definition) is 6. The average Bonchev–Trinajstić information content (AvgIpc) is 3.09. The van der Waals surface area contributed by atoms with Crippen LogP contribution >= 0.6 is 11.8 Å². The molecule has 3 aromatic carbocycles. The summed E-state index contributed by atoms with van der Waals surface area (Å²) in [6.07, 6.45) is 1.64. The number of rotatable bonds is 7. The van der Waals surface area contributed by atoms with Crippen LogP contribution in [-0.2, 0) is 11.3 Å². The van der Waals surface area contributed by atoms with Gasteiger partial charge in [-0.3, -0.25) is 14.5 Å². The number of hydrogen-bond donors (Lipinski definition) is 0. The second-order valence-electron chi connectivity index (χ2n) is 7.65. The molecule has 1 aliphatic rings. The highest BCUT2D eigenvalue weighted by Gasteiger charge is 2.35. The highest BCUT2D eigenvalue weighted by Crippen LogP contribution is 2.35. The zero-order valence-electron chi connectivity index (χ0n) is 18.8. The van der Waals surface area contributed by atoms with Crippen LogP contribution in [0.5, 0.6) is 11.5 Å². The van der Waals surface area contributed by atoms with Gasteiger partial charge in [-0.25, -0.2) is 4.79 Å². The lowest BCUT2D eigenvalue weighted by Crippen LogP contribution is -2.27. The van der Waals surface area contributed by atoms with Crippen molar-refractivity contribution in [2.24, 2.45) is 0 Å². The molecule has 1 aliphatic heterocycles. The van der Waals surface area contributed by atoms with Crippen LogP contribution in [0.2, 0.25) is 0 Å². The van der Waals surface area contributed by atoms with Gasteiger partial charge in [0.1, 0.15) is 0 Å². The maximum atomic E-state index is 12.8. The van der Waals surface area contributed by atoms with Crippen molar-refractivity contribution in [2.45, 2.75) is 20.4 Å². The molecule has 6 nitrogen and oxygen atoms in total. The third-order valence-corrected chi connectivity index (χ3v) is 6.02. The van der Waals surface area contributed by atoms with Crippen molar-refractivity contribution in [2.75, 3.05) is 6.61 Å². The Hall–Kier alpha value is -3.84. The number of carbonyl (C=O) groups excluding carboxylic acids is 3. The second-order valence-corrected chi connectivity index (χ2v) is 8.64. The van der Waals surface area contributed by atoms with E-state index in [0.717, 1.165) is 22.9 Å². The molecule has 4 rings (SSSR count). The first-order valence-electron chi connectivity index (χ1n) is 10.8. The lowest BCUT2D eigenvalue weighted by molar-refractivity contribution is -0.123. The lowest BCUT2D eigenvalue weighted by atomic mass is 10.1. The summed E-state index contributed by atoms with van der Waals surface area (Å²) in [5, 5.41) is -0.311. The molecule has 1 fully saturated rings. The van der Waals surface area contributed by atoms with Crippen molar-refractivity contribution < 1.29 is 23.9 Å². The summed E-state index contributed by atoms with van der Waals surface area (Å²) in [5.74, 6) is -0.176. The van der Waals surface area contributed by atoms with Gasteiger partial charge in [0.25, 0.3) is 11.1 Å². The molecule has 0 N–H and O–H groups in total.